The summed E-state index contributed by atoms with van der Waals surface area (Å²) in [5.74, 6) is -0.142. The summed E-state index contributed by atoms with van der Waals surface area (Å²) in [6.45, 7) is 10.1. The van der Waals surface area contributed by atoms with Gasteiger partial charge in [-0.25, -0.2) is 4.79 Å². The molecule has 0 aromatic heterocycles. The minimum absolute atomic E-state index is 0.0336. The van der Waals surface area contributed by atoms with E-state index in [2.05, 4.69) is 28.1 Å². The third-order valence-electron chi connectivity index (χ3n) is 7.25. The lowest BCUT2D eigenvalue weighted by molar-refractivity contribution is -0.125. The smallest absolute Gasteiger partial charge is 0.407 e. The van der Waals surface area contributed by atoms with Crippen molar-refractivity contribution in [3.63, 3.8) is 0 Å². The quantitative estimate of drug-likeness (QED) is 0.177. The molecule has 0 aliphatic carbocycles. The zero-order valence-corrected chi connectivity index (χ0v) is 26.3. The van der Waals surface area contributed by atoms with E-state index in [9.17, 15) is 14.7 Å². The van der Waals surface area contributed by atoms with Crippen LogP contribution in [-0.2, 0) is 28.8 Å². The van der Waals surface area contributed by atoms with Crippen molar-refractivity contribution in [2.45, 2.75) is 90.1 Å². The van der Waals surface area contributed by atoms with E-state index in [4.69, 9.17) is 4.74 Å². The third kappa shape index (κ3) is 12.2. The Morgan fingerprint density at radius 3 is 1.67 bits per heavy atom. The molecule has 2 amide bonds. The highest BCUT2D eigenvalue weighted by atomic mass is 16.6. The van der Waals surface area contributed by atoms with Gasteiger partial charge in [0.1, 0.15) is 5.60 Å². The third-order valence-corrected chi connectivity index (χ3v) is 7.25. The van der Waals surface area contributed by atoms with E-state index in [1.54, 1.807) is 20.8 Å². The van der Waals surface area contributed by atoms with Gasteiger partial charge in [0.2, 0.25) is 5.91 Å². The van der Waals surface area contributed by atoms with E-state index in [1.165, 1.54) is 5.56 Å². The van der Waals surface area contributed by atoms with Crippen molar-refractivity contribution >= 4 is 12.0 Å². The Labute approximate surface area is 257 Å². The number of carbonyl (C=O) groups excluding carboxylic acids is 2. The summed E-state index contributed by atoms with van der Waals surface area (Å²) >= 11 is 0. The molecule has 3 rings (SSSR count). The molecular formula is C36H49N3O4. The normalized spacial score (nSPS) is 14.4. The zero-order valence-electron chi connectivity index (χ0n) is 26.3. The number of carbonyl (C=O) groups is 2. The number of amides is 2. The first kappa shape index (κ1) is 33.8. The van der Waals surface area contributed by atoms with Gasteiger partial charge in [-0.15, -0.1) is 0 Å². The van der Waals surface area contributed by atoms with Crippen LogP contribution in [0.2, 0.25) is 0 Å². The van der Waals surface area contributed by atoms with Crippen LogP contribution < -0.4 is 16.0 Å². The van der Waals surface area contributed by atoms with Gasteiger partial charge in [-0.3, -0.25) is 4.79 Å². The molecule has 7 nitrogen and oxygen atoms in total. The first-order chi connectivity index (χ1) is 20.5. The first-order valence-electron chi connectivity index (χ1n) is 15.3. The Morgan fingerprint density at radius 1 is 0.744 bits per heavy atom. The van der Waals surface area contributed by atoms with Crippen molar-refractivity contribution in [1.82, 2.24) is 16.0 Å². The van der Waals surface area contributed by atoms with Crippen LogP contribution in [0, 0.1) is 5.92 Å². The van der Waals surface area contributed by atoms with Crippen molar-refractivity contribution in [2.24, 2.45) is 5.92 Å². The second kappa shape index (κ2) is 16.8. The summed E-state index contributed by atoms with van der Waals surface area (Å²) < 4.78 is 5.53. The van der Waals surface area contributed by atoms with Crippen molar-refractivity contribution in [2.75, 3.05) is 6.54 Å². The second-order valence-electron chi connectivity index (χ2n) is 12.5. The molecule has 3 unspecified atom stereocenters. The molecular weight excluding hydrogens is 538 g/mol. The molecule has 0 fully saturated rings. The number of hydrogen-bond acceptors (Lipinski definition) is 5. The fraction of sp³-hybridized carbons (Fsp3) is 0.444. The summed E-state index contributed by atoms with van der Waals surface area (Å²) in [5.41, 5.74) is 2.50. The van der Waals surface area contributed by atoms with E-state index < -0.39 is 35.9 Å². The lowest BCUT2D eigenvalue weighted by Gasteiger charge is -2.33. The Bertz CT molecular complexity index is 1230. The van der Waals surface area contributed by atoms with Crippen LogP contribution in [0.25, 0.3) is 0 Å². The number of nitrogens with one attached hydrogen (secondary N) is 3. The van der Waals surface area contributed by atoms with Gasteiger partial charge in [0.25, 0.3) is 0 Å². The number of ether oxygens (including phenoxy) is 1. The Balaban J connectivity index is 1.78. The number of benzene rings is 3. The highest BCUT2D eigenvalue weighted by Gasteiger charge is 2.34. The molecule has 0 saturated carbocycles. The minimum Gasteiger partial charge on any atom is -0.444 e. The van der Waals surface area contributed by atoms with Crippen LogP contribution in [0.3, 0.4) is 0 Å². The standard InChI is InChI=1S/C36H49N3O4/c1-26(2)32(37-23-15-22-27-16-9-6-10-17-27)34(41)38-30(24-28-18-11-7-12-19-28)33(40)31(25-29-20-13-8-14-21-29)39-35(42)43-36(3,4)5/h6-14,16-21,26,30-33,37,40H,15,22-25H2,1-5H3,(H,38,41)(H,39,42)/t30?,31?,32-,33?/m0/s1. The van der Waals surface area contributed by atoms with Gasteiger partial charge in [-0.2, -0.15) is 0 Å². The van der Waals surface area contributed by atoms with Gasteiger partial charge >= 0.3 is 6.09 Å². The molecule has 0 radical (unpaired) electrons. The zero-order chi connectivity index (χ0) is 31.2. The summed E-state index contributed by atoms with van der Waals surface area (Å²) in [6, 6.07) is 27.9. The SMILES string of the molecule is CC(C)[C@H](NCCCc1ccccc1)C(=O)NC(Cc1ccccc1)C(O)C(Cc1ccccc1)NC(=O)OC(C)(C)C. The molecule has 0 saturated heterocycles. The second-order valence-corrected chi connectivity index (χ2v) is 12.5. The molecule has 0 heterocycles. The van der Waals surface area contributed by atoms with Crippen LogP contribution in [-0.4, -0.2) is 53.5 Å². The molecule has 4 atom stereocenters. The maximum absolute atomic E-state index is 13.7. The molecule has 7 heteroatoms. The number of aliphatic hydroxyl groups excluding tert-OH is 1. The Kier molecular flexibility index (Phi) is 13.2. The van der Waals surface area contributed by atoms with E-state index in [0.29, 0.717) is 19.4 Å². The van der Waals surface area contributed by atoms with Gasteiger partial charge in [0.05, 0.1) is 24.2 Å². The summed E-state index contributed by atoms with van der Waals surface area (Å²) in [6.07, 6.45) is 0.879. The highest BCUT2D eigenvalue weighted by molar-refractivity contribution is 5.82. The number of aryl methyl sites for hydroxylation is 1. The molecule has 0 bridgehead atoms. The topological polar surface area (TPSA) is 99.7 Å². The highest BCUT2D eigenvalue weighted by Crippen LogP contribution is 2.16. The van der Waals surface area contributed by atoms with Crippen LogP contribution >= 0.6 is 0 Å². The molecule has 43 heavy (non-hydrogen) atoms. The summed E-state index contributed by atoms with van der Waals surface area (Å²) in [7, 11) is 0. The van der Waals surface area contributed by atoms with Crippen LogP contribution in [0.1, 0.15) is 57.7 Å². The summed E-state index contributed by atoms with van der Waals surface area (Å²) in [5, 5.41) is 21.3. The largest absolute Gasteiger partial charge is 0.444 e. The van der Waals surface area contributed by atoms with Gasteiger partial charge in [-0.05, 0) is 75.6 Å². The number of rotatable bonds is 15. The van der Waals surface area contributed by atoms with Gasteiger partial charge in [-0.1, -0.05) is 105 Å². The van der Waals surface area contributed by atoms with E-state index in [0.717, 1.165) is 24.0 Å². The average molecular weight is 588 g/mol. The molecule has 3 aromatic rings. The predicted molar refractivity (Wildman–Crippen MR) is 173 cm³/mol. The number of hydrogen-bond donors (Lipinski definition) is 4. The predicted octanol–water partition coefficient (Wildman–Crippen LogP) is 5.46. The maximum Gasteiger partial charge on any atom is 0.407 e. The Morgan fingerprint density at radius 2 is 1.21 bits per heavy atom. The number of aliphatic hydroxyl groups is 1. The number of alkyl carbamates (subject to hydrolysis) is 1. The molecule has 3 aromatic carbocycles. The van der Waals surface area contributed by atoms with Crippen molar-refractivity contribution in [3.05, 3.63) is 108 Å². The molecule has 0 aliphatic heterocycles. The summed E-state index contributed by atoms with van der Waals surface area (Å²) in [4.78, 5) is 26.6. The molecule has 0 spiro atoms. The van der Waals surface area contributed by atoms with Gasteiger partial charge in [0, 0.05) is 0 Å². The van der Waals surface area contributed by atoms with Crippen LogP contribution in [0.5, 0.6) is 0 Å². The van der Waals surface area contributed by atoms with E-state index in [1.807, 2.05) is 92.7 Å². The molecule has 0 aliphatic rings. The minimum atomic E-state index is -1.09. The van der Waals surface area contributed by atoms with Crippen LogP contribution in [0.4, 0.5) is 4.79 Å². The fourth-order valence-electron chi connectivity index (χ4n) is 5.09. The van der Waals surface area contributed by atoms with Crippen molar-refractivity contribution < 1.29 is 19.4 Å². The first-order valence-corrected chi connectivity index (χ1v) is 15.3. The van der Waals surface area contributed by atoms with Gasteiger partial charge < -0.3 is 25.8 Å². The van der Waals surface area contributed by atoms with Crippen molar-refractivity contribution in [1.29, 1.82) is 0 Å². The molecule has 4 N–H and O–H groups in total. The van der Waals surface area contributed by atoms with Crippen LogP contribution in [0.15, 0.2) is 91.0 Å². The van der Waals surface area contributed by atoms with Gasteiger partial charge in [0.15, 0.2) is 0 Å². The van der Waals surface area contributed by atoms with E-state index >= 15 is 0 Å². The average Bonchev–Trinajstić information content (AvgIpc) is 2.96. The lowest BCUT2D eigenvalue weighted by Crippen LogP contribution is -2.59. The maximum atomic E-state index is 13.7. The van der Waals surface area contributed by atoms with E-state index in [-0.39, 0.29) is 11.8 Å². The monoisotopic (exact) mass is 587 g/mol. The molecule has 232 valence electrons. The lowest BCUT2D eigenvalue weighted by atomic mass is 9.91. The fourth-order valence-corrected chi connectivity index (χ4v) is 5.09. The Hall–Kier alpha value is -3.68. The van der Waals surface area contributed by atoms with Crippen molar-refractivity contribution in [3.8, 4) is 0 Å².